The van der Waals surface area contributed by atoms with Crippen molar-refractivity contribution >= 4 is 45.6 Å². The van der Waals surface area contributed by atoms with E-state index in [9.17, 15) is 14.4 Å². The van der Waals surface area contributed by atoms with Gasteiger partial charge in [0, 0.05) is 106 Å². The summed E-state index contributed by atoms with van der Waals surface area (Å²) < 4.78 is 39.7. The maximum Gasteiger partial charge on any atom is 0.259 e. The number of imide groups is 1. The number of benzene rings is 2. The molecule has 280 valence electrons. The first-order chi connectivity index (χ1) is 25.5. The predicted octanol–water partition coefficient (Wildman–Crippen LogP) is 5.13. The minimum Gasteiger partial charge on any atom is -0.496 e. The lowest BCUT2D eigenvalue weighted by Gasteiger charge is -2.50. The number of carbonyl (C=O) groups excluding carboxylic acids is 2. The van der Waals surface area contributed by atoms with Crippen molar-refractivity contribution in [2.24, 2.45) is 7.05 Å². The lowest BCUT2D eigenvalue weighted by Crippen LogP contribution is -2.63. The summed E-state index contributed by atoms with van der Waals surface area (Å²) >= 11 is 6.95. The molecule has 14 heteroatoms. The van der Waals surface area contributed by atoms with Gasteiger partial charge in [0.15, 0.2) is 0 Å². The maximum atomic E-state index is 17.0. The first-order valence-corrected chi connectivity index (χ1v) is 18.5. The summed E-state index contributed by atoms with van der Waals surface area (Å²) in [5.74, 6) is -0.523. The number of fused-ring (bicyclic) bond motifs is 1. The molecule has 2 aromatic heterocycles. The monoisotopic (exact) mass is 747 g/mol. The van der Waals surface area contributed by atoms with Crippen molar-refractivity contribution in [3.8, 4) is 16.9 Å². The molecule has 2 aromatic carbocycles. The number of pyridine rings is 2. The van der Waals surface area contributed by atoms with Gasteiger partial charge in [0.25, 0.3) is 5.56 Å². The largest absolute Gasteiger partial charge is 0.496 e. The highest BCUT2D eigenvalue weighted by molar-refractivity contribution is 6.32. The Morgan fingerprint density at radius 2 is 1.85 bits per heavy atom. The first kappa shape index (κ1) is 36.8. The third-order valence-corrected chi connectivity index (χ3v) is 11.4. The minimum absolute atomic E-state index is 0.135. The molecular formula is C39H44ClF2N7O4. The Hall–Kier alpha value is -4.59. The number of carbonyl (C=O) groups is 2. The number of hydrogen-bond donors (Lipinski definition) is 2. The molecule has 0 aliphatic carbocycles. The van der Waals surface area contributed by atoms with Crippen LogP contribution in [-0.4, -0.2) is 95.3 Å². The van der Waals surface area contributed by atoms with E-state index >= 15 is 8.78 Å². The zero-order valence-corrected chi connectivity index (χ0v) is 30.9. The van der Waals surface area contributed by atoms with Gasteiger partial charge in [-0.15, -0.1) is 0 Å². The minimum atomic E-state index is -1.46. The molecular weight excluding hydrogens is 704 g/mol. The van der Waals surface area contributed by atoms with Gasteiger partial charge in [-0.25, -0.2) is 8.78 Å². The molecule has 5 heterocycles. The standard InChI is InChI=1S/C39H44ClF2N7O4/c1-4-39(42)23-47(22-29-30(40)17-24(18-34(29)53-3)28-21-46(2)38(52)27-20-43-11-9-26(27)28)12-10-35(39)49-15-13-48(14-16-49)33-7-5-25(19-31(33)41)44-32-6-8-36(50)45-37(32)51/h5,7,9,11,17-21,32,35,44H,4,6,8,10,12-16,22-23H2,1-3H3,(H,45,50,51)/t32-,35-,39?/m0/s1. The molecule has 0 spiro atoms. The summed E-state index contributed by atoms with van der Waals surface area (Å²) in [6.45, 7) is 5.53. The molecule has 2 N–H and O–H groups in total. The van der Waals surface area contributed by atoms with Crippen molar-refractivity contribution in [3.05, 3.63) is 81.7 Å². The van der Waals surface area contributed by atoms with Crippen molar-refractivity contribution in [2.45, 2.75) is 56.9 Å². The number of rotatable bonds is 9. The summed E-state index contributed by atoms with van der Waals surface area (Å²) in [5.41, 5.74) is 1.75. The molecule has 3 atom stereocenters. The molecule has 0 saturated carbocycles. The molecule has 2 amide bonds. The fraction of sp³-hybridized carbons (Fsp3) is 0.436. The Kier molecular flexibility index (Phi) is 10.4. The number of piperazine rings is 1. The summed E-state index contributed by atoms with van der Waals surface area (Å²) in [6.07, 6.45) is 6.59. The van der Waals surface area contributed by atoms with Crippen LogP contribution in [0, 0.1) is 5.82 Å². The Balaban J connectivity index is 1.00. The fourth-order valence-corrected chi connectivity index (χ4v) is 8.41. The van der Waals surface area contributed by atoms with Gasteiger partial charge in [0.05, 0.1) is 18.2 Å². The molecule has 11 nitrogen and oxygen atoms in total. The number of methoxy groups -OCH3 is 1. The van der Waals surface area contributed by atoms with E-state index in [0.717, 1.165) is 22.1 Å². The average Bonchev–Trinajstić information content (AvgIpc) is 3.15. The highest BCUT2D eigenvalue weighted by Crippen LogP contribution is 2.39. The number of ether oxygens (including phenoxy) is 1. The zero-order chi connectivity index (χ0) is 37.4. The molecule has 53 heavy (non-hydrogen) atoms. The van der Waals surface area contributed by atoms with Crippen molar-refractivity contribution in [2.75, 3.05) is 56.6 Å². The van der Waals surface area contributed by atoms with E-state index in [1.54, 1.807) is 44.9 Å². The van der Waals surface area contributed by atoms with Crippen molar-refractivity contribution in [3.63, 3.8) is 0 Å². The quantitative estimate of drug-likeness (QED) is 0.225. The summed E-state index contributed by atoms with van der Waals surface area (Å²) in [4.78, 5) is 46.8. The van der Waals surface area contributed by atoms with Gasteiger partial charge in [-0.1, -0.05) is 18.5 Å². The number of halogens is 3. The number of piperidine rings is 2. The van der Waals surface area contributed by atoms with Gasteiger partial charge in [0.1, 0.15) is 23.3 Å². The van der Waals surface area contributed by atoms with Crippen LogP contribution >= 0.6 is 11.6 Å². The fourth-order valence-electron chi connectivity index (χ4n) is 8.14. The second-order valence-electron chi connectivity index (χ2n) is 14.3. The summed E-state index contributed by atoms with van der Waals surface area (Å²) in [7, 11) is 3.30. The van der Waals surface area contributed by atoms with Crippen LogP contribution in [-0.2, 0) is 23.2 Å². The Bertz CT molecular complexity index is 2110. The number of nitrogens with zero attached hydrogens (tertiary/aromatic N) is 5. The Morgan fingerprint density at radius 3 is 2.57 bits per heavy atom. The van der Waals surface area contributed by atoms with E-state index in [2.05, 4.69) is 25.4 Å². The van der Waals surface area contributed by atoms with E-state index in [-0.39, 0.29) is 30.5 Å². The van der Waals surface area contributed by atoms with Crippen molar-refractivity contribution in [1.82, 2.24) is 24.7 Å². The topological polar surface area (TPSA) is 112 Å². The van der Waals surface area contributed by atoms with Gasteiger partial charge in [-0.2, -0.15) is 0 Å². The van der Waals surface area contributed by atoms with Gasteiger partial charge in [-0.3, -0.25) is 34.5 Å². The molecule has 4 aromatic rings. The van der Waals surface area contributed by atoms with Crippen LogP contribution < -0.4 is 25.8 Å². The lowest BCUT2D eigenvalue weighted by atomic mass is 9.85. The number of alkyl halides is 1. The zero-order valence-electron chi connectivity index (χ0n) is 30.1. The number of aryl methyl sites for hydroxylation is 1. The molecule has 3 aliphatic rings. The first-order valence-electron chi connectivity index (χ1n) is 18.1. The van der Waals surface area contributed by atoms with Gasteiger partial charge in [0.2, 0.25) is 11.8 Å². The molecule has 3 aliphatic heterocycles. The molecule has 0 bridgehead atoms. The number of amides is 2. The van der Waals surface area contributed by atoms with Crippen LogP contribution in [0.15, 0.2) is 59.8 Å². The van der Waals surface area contributed by atoms with Crippen molar-refractivity contribution in [1.29, 1.82) is 0 Å². The van der Waals surface area contributed by atoms with Gasteiger partial charge >= 0.3 is 0 Å². The molecule has 3 fully saturated rings. The summed E-state index contributed by atoms with van der Waals surface area (Å²) in [5, 5.41) is 7.12. The molecule has 3 saturated heterocycles. The van der Waals surface area contributed by atoms with Crippen LogP contribution in [0.1, 0.15) is 38.2 Å². The third-order valence-electron chi connectivity index (χ3n) is 11.1. The SMILES string of the molecule is CCC1(F)CN(Cc2c(Cl)cc(-c3cn(C)c(=O)c4cnccc34)cc2OC)CC[C@@H]1N1CCN(c2ccc(N[C@H]3CCC(=O)NC3=O)cc2F)CC1. The Morgan fingerprint density at radius 1 is 1.06 bits per heavy atom. The number of nitrogens with one attached hydrogen (secondary N) is 2. The van der Waals surface area contributed by atoms with E-state index < -0.39 is 23.4 Å². The van der Waals surface area contributed by atoms with Crippen molar-refractivity contribution < 1.29 is 23.1 Å². The number of aromatic nitrogens is 2. The van der Waals surface area contributed by atoms with Crippen LogP contribution in [0.5, 0.6) is 5.75 Å². The Labute approximate surface area is 311 Å². The summed E-state index contributed by atoms with van der Waals surface area (Å²) in [6, 6.07) is 9.57. The lowest BCUT2D eigenvalue weighted by molar-refractivity contribution is -0.133. The van der Waals surface area contributed by atoms with Crippen LogP contribution in [0.25, 0.3) is 21.9 Å². The number of likely N-dealkylation sites (tertiary alicyclic amines) is 1. The maximum absolute atomic E-state index is 17.0. The third kappa shape index (κ3) is 7.34. The normalized spacial score (nSPS) is 22.9. The number of hydrogen-bond acceptors (Lipinski definition) is 9. The van der Waals surface area contributed by atoms with Crippen LogP contribution in [0.4, 0.5) is 20.2 Å². The number of anilines is 2. The average molecular weight is 748 g/mol. The van der Waals surface area contributed by atoms with Crippen LogP contribution in [0.3, 0.4) is 0 Å². The molecule has 0 radical (unpaired) electrons. The second-order valence-corrected chi connectivity index (χ2v) is 14.7. The predicted molar refractivity (Wildman–Crippen MR) is 202 cm³/mol. The molecule has 7 rings (SSSR count). The van der Waals surface area contributed by atoms with Gasteiger partial charge in [-0.05, 0) is 66.6 Å². The van der Waals surface area contributed by atoms with Crippen LogP contribution in [0.2, 0.25) is 5.02 Å². The van der Waals surface area contributed by atoms with E-state index in [4.69, 9.17) is 16.3 Å². The highest BCUT2D eigenvalue weighted by atomic mass is 35.5. The second kappa shape index (κ2) is 15.0. The molecule has 1 unspecified atom stereocenters. The van der Waals surface area contributed by atoms with E-state index in [0.29, 0.717) is 86.1 Å². The van der Waals surface area contributed by atoms with E-state index in [1.165, 1.54) is 10.6 Å². The van der Waals surface area contributed by atoms with E-state index in [1.807, 2.05) is 30.0 Å². The smallest absolute Gasteiger partial charge is 0.259 e. The highest BCUT2D eigenvalue weighted by Gasteiger charge is 2.46. The van der Waals surface area contributed by atoms with Gasteiger partial charge < -0.3 is 19.5 Å².